The van der Waals surface area contributed by atoms with Crippen LogP contribution >= 0.6 is 0 Å². The van der Waals surface area contributed by atoms with E-state index >= 15 is 0 Å². The van der Waals surface area contributed by atoms with Gasteiger partial charge >= 0.3 is 0 Å². The molecule has 0 saturated carbocycles. The molecule has 6 heteroatoms. The lowest BCUT2D eigenvalue weighted by Gasteiger charge is -2.20. The van der Waals surface area contributed by atoms with Crippen LogP contribution in [0.1, 0.15) is 19.3 Å². The highest BCUT2D eigenvalue weighted by molar-refractivity contribution is 5.49. The summed E-state index contributed by atoms with van der Waals surface area (Å²) < 4.78 is 5.75. The summed E-state index contributed by atoms with van der Waals surface area (Å²) in [4.78, 5) is 7.93. The van der Waals surface area contributed by atoms with Gasteiger partial charge in [0.15, 0.2) is 0 Å². The molecule has 2 aliphatic heterocycles. The van der Waals surface area contributed by atoms with Crippen molar-refractivity contribution in [1.82, 2.24) is 9.97 Å². The van der Waals surface area contributed by atoms with Crippen LogP contribution in [0, 0.1) is 0 Å². The monoisotopic (exact) mass is 221 g/mol. The number of fused-ring (bicyclic) bond motifs is 2. The minimum Gasteiger partial charge on any atom is -0.383 e. The van der Waals surface area contributed by atoms with Gasteiger partial charge in [-0.2, -0.15) is 9.97 Å². The average molecular weight is 221 g/mol. The largest absolute Gasteiger partial charge is 0.383 e. The molecule has 3 rings (SSSR count). The van der Waals surface area contributed by atoms with Gasteiger partial charge in [-0.15, -0.1) is 0 Å². The molecule has 0 aliphatic carbocycles. The standard InChI is InChI=1S/C10H15N5O/c11-8-4-9(15-10(12)14-8)13-6-3-5-1-2-7(6)16-5/h4-7H,1-3H2,(H5,11,12,13,14,15). The Labute approximate surface area is 93.4 Å². The number of anilines is 3. The lowest BCUT2D eigenvalue weighted by atomic mass is 9.95. The van der Waals surface area contributed by atoms with Crippen LogP contribution in [0.25, 0.3) is 0 Å². The molecule has 1 aromatic heterocycles. The zero-order valence-electron chi connectivity index (χ0n) is 8.89. The fourth-order valence-corrected chi connectivity index (χ4v) is 2.54. The Hall–Kier alpha value is -1.56. The molecule has 0 spiro atoms. The fraction of sp³-hybridized carbons (Fsp3) is 0.600. The Morgan fingerprint density at radius 3 is 2.81 bits per heavy atom. The molecular weight excluding hydrogens is 206 g/mol. The van der Waals surface area contributed by atoms with E-state index in [4.69, 9.17) is 16.2 Å². The molecule has 2 aliphatic rings. The van der Waals surface area contributed by atoms with Crippen LogP contribution in [-0.2, 0) is 4.74 Å². The fourth-order valence-electron chi connectivity index (χ4n) is 2.54. The summed E-state index contributed by atoms with van der Waals surface area (Å²) >= 11 is 0. The first kappa shape index (κ1) is 9.65. The number of ether oxygens (including phenoxy) is 1. The Balaban J connectivity index is 1.74. The molecule has 5 N–H and O–H groups in total. The topological polar surface area (TPSA) is 99.1 Å². The average Bonchev–Trinajstić information content (AvgIpc) is 2.77. The summed E-state index contributed by atoms with van der Waals surface area (Å²) in [6.07, 6.45) is 4.06. The van der Waals surface area contributed by atoms with Crippen LogP contribution in [-0.4, -0.2) is 28.2 Å². The quantitative estimate of drug-likeness (QED) is 0.667. The van der Waals surface area contributed by atoms with Gasteiger partial charge in [0.25, 0.3) is 0 Å². The molecule has 0 amide bonds. The lowest BCUT2D eigenvalue weighted by Crippen LogP contribution is -2.31. The maximum Gasteiger partial charge on any atom is 0.223 e. The Morgan fingerprint density at radius 2 is 2.19 bits per heavy atom. The van der Waals surface area contributed by atoms with Crippen molar-refractivity contribution in [2.24, 2.45) is 0 Å². The number of hydrogen-bond acceptors (Lipinski definition) is 6. The highest BCUT2D eigenvalue weighted by atomic mass is 16.5. The van der Waals surface area contributed by atoms with Gasteiger partial charge in [-0.3, -0.25) is 0 Å². The molecule has 2 saturated heterocycles. The third kappa shape index (κ3) is 1.65. The van der Waals surface area contributed by atoms with Crippen LogP contribution in [0.2, 0.25) is 0 Å². The molecule has 1 aromatic rings. The lowest BCUT2D eigenvalue weighted by molar-refractivity contribution is 0.102. The van der Waals surface area contributed by atoms with Crippen LogP contribution in [0.15, 0.2) is 6.07 Å². The van der Waals surface area contributed by atoms with Gasteiger partial charge in [-0.1, -0.05) is 0 Å². The first-order valence-corrected chi connectivity index (χ1v) is 5.53. The van der Waals surface area contributed by atoms with E-state index in [1.54, 1.807) is 6.07 Å². The van der Waals surface area contributed by atoms with E-state index in [0.717, 1.165) is 12.8 Å². The van der Waals surface area contributed by atoms with Crippen LogP contribution < -0.4 is 16.8 Å². The van der Waals surface area contributed by atoms with Gasteiger partial charge in [-0.05, 0) is 19.3 Å². The van der Waals surface area contributed by atoms with E-state index in [1.165, 1.54) is 6.42 Å². The summed E-state index contributed by atoms with van der Waals surface area (Å²) in [6, 6.07) is 2.02. The van der Waals surface area contributed by atoms with Crippen LogP contribution in [0.3, 0.4) is 0 Å². The van der Waals surface area contributed by atoms with Crippen molar-refractivity contribution in [1.29, 1.82) is 0 Å². The number of nitrogens with one attached hydrogen (secondary N) is 1. The molecule has 2 bridgehead atoms. The van der Waals surface area contributed by atoms with Crippen LogP contribution in [0.4, 0.5) is 17.6 Å². The minimum absolute atomic E-state index is 0.201. The predicted molar refractivity (Wildman–Crippen MR) is 60.8 cm³/mol. The molecule has 0 aromatic carbocycles. The molecular formula is C10H15N5O. The summed E-state index contributed by atoms with van der Waals surface area (Å²) in [6.45, 7) is 0. The molecule has 3 heterocycles. The van der Waals surface area contributed by atoms with E-state index in [1.807, 2.05) is 0 Å². The highest BCUT2D eigenvalue weighted by Crippen LogP contribution is 2.35. The van der Waals surface area contributed by atoms with Crippen molar-refractivity contribution < 1.29 is 4.74 Å². The van der Waals surface area contributed by atoms with Crippen molar-refractivity contribution >= 4 is 17.6 Å². The van der Waals surface area contributed by atoms with Gasteiger partial charge in [0.1, 0.15) is 11.6 Å². The summed E-state index contributed by atoms with van der Waals surface area (Å²) in [5, 5.41) is 3.32. The Morgan fingerprint density at radius 1 is 1.31 bits per heavy atom. The van der Waals surface area contributed by atoms with Crippen LogP contribution in [0.5, 0.6) is 0 Å². The summed E-state index contributed by atoms with van der Waals surface area (Å²) in [5.74, 6) is 1.27. The van der Waals surface area contributed by atoms with Gasteiger partial charge in [0.2, 0.25) is 5.95 Å². The zero-order chi connectivity index (χ0) is 11.1. The number of nitrogens with zero attached hydrogens (tertiary/aromatic N) is 2. The predicted octanol–water partition coefficient (Wildman–Crippen LogP) is 0.373. The van der Waals surface area contributed by atoms with Gasteiger partial charge in [0, 0.05) is 6.07 Å². The van der Waals surface area contributed by atoms with Crippen molar-refractivity contribution in [3.63, 3.8) is 0 Å². The first-order valence-electron chi connectivity index (χ1n) is 5.53. The molecule has 0 radical (unpaired) electrons. The van der Waals surface area contributed by atoms with Gasteiger partial charge < -0.3 is 21.5 Å². The number of rotatable bonds is 2. The number of aromatic nitrogens is 2. The highest BCUT2D eigenvalue weighted by Gasteiger charge is 2.40. The van der Waals surface area contributed by atoms with E-state index in [2.05, 4.69) is 15.3 Å². The minimum atomic E-state index is 0.201. The summed E-state index contributed by atoms with van der Waals surface area (Å²) in [7, 11) is 0. The second-order valence-corrected chi connectivity index (χ2v) is 4.40. The maximum atomic E-state index is 5.75. The third-order valence-corrected chi connectivity index (χ3v) is 3.20. The van der Waals surface area contributed by atoms with Crippen molar-refractivity contribution in [3.8, 4) is 0 Å². The van der Waals surface area contributed by atoms with E-state index in [0.29, 0.717) is 29.9 Å². The molecule has 3 atom stereocenters. The van der Waals surface area contributed by atoms with Crippen molar-refractivity contribution in [3.05, 3.63) is 6.07 Å². The zero-order valence-corrected chi connectivity index (χ0v) is 8.89. The smallest absolute Gasteiger partial charge is 0.223 e. The number of nitrogens with two attached hydrogens (primary N) is 2. The van der Waals surface area contributed by atoms with Gasteiger partial charge in [-0.25, -0.2) is 0 Å². The second-order valence-electron chi connectivity index (χ2n) is 4.40. The molecule has 16 heavy (non-hydrogen) atoms. The molecule has 2 fully saturated rings. The maximum absolute atomic E-state index is 5.75. The molecule has 3 unspecified atom stereocenters. The Kier molecular flexibility index (Phi) is 2.10. The first-order chi connectivity index (χ1) is 7.70. The molecule has 86 valence electrons. The van der Waals surface area contributed by atoms with E-state index < -0.39 is 0 Å². The van der Waals surface area contributed by atoms with E-state index in [9.17, 15) is 0 Å². The van der Waals surface area contributed by atoms with E-state index in [-0.39, 0.29) is 5.95 Å². The number of nitrogen functional groups attached to an aromatic ring is 2. The number of hydrogen-bond donors (Lipinski definition) is 3. The third-order valence-electron chi connectivity index (χ3n) is 3.20. The summed E-state index contributed by atoms with van der Waals surface area (Å²) in [5.41, 5.74) is 11.1. The second kappa shape index (κ2) is 3.48. The normalized spacial score (nSPS) is 31.9. The van der Waals surface area contributed by atoms with Crippen molar-refractivity contribution in [2.75, 3.05) is 16.8 Å². The van der Waals surface area contributed by atoms with Crippen molar-refractivity contribution in [2.45, 2.75) is 37.5 Å². The van der Waals surface area contributed by atoms with Gasteiger partial charge in [0.05, 0.1) is 18.2 Å². The SMILES string of the molecule is Nc1cc(NC2CC3CCC2O3)nc(N)n1. The Bertz CT molecular complexity index is 390. The molecule has 6 nitrogen and oxygen atoms in total.